The zero-order chi connectivity index (χ0) is 20.3. The van der Waals surface area contributed by atoms with Crippen LogP contribution < -0.4 is 5.56 Å². The summed E-state index contributed by atoms with van der Waals surface area (Å²) in [6.07, 6.45) is 2.94. The topological polar surface area (TPSA) is 68.5 Å². The summed E-state index contributed by atoms with van der Waals surface area (Å²) >= 11 is 6.30. The van der Waals surface area contributed by atoms with Gasteiger partial charge in [-0.15, -0.1) is 0 Å². The number of aromatic amines is 1. The number of fused-ring (bicyclic) bond motifs is 2. The molecule has 0 unspecified atom stereocenters. The van der Waals surface area contributed by atoms with Gasteiger partial charge in [-0.2, -0.15) is 5.10 Å². The van der Waals surface area contributed by atoms with E-state index < -0.39 is 22.9 Å². The minimum atomic E-state index is -0.822. The van der Waals surface area contributed by atoms with Crippen molar-refractivity contribution in [2.75, 3.05) is 0 Å². The molecule has 0 radical (unpaired) electrons. The van der Waals surface area contributed by atoms with E-state index in [0.29, 0.717) is 11.1 Å². The Bertz CT molecular complexity index is 1460. The summed E-state index contributed by atoms with van der Waals surface area (Å²) in [7, 11) is 1.87. The van der Waals surface area contributed by atoms with Crippen LogP contribution in [-0.2, 0) is 7.05 Å². The maximum atomic E-state index is 14.5. The summed E-state index contributed by atoms with van der Waals surface area (Å²) in [4.78, 5) is 19.5. The van der Waals surface area contributed by atoms with Crippen LogP contribution in [0.5, 0.6) is 0 Å². The smallest absolute Gasteiger partial charge is 0.259 e. The number of H-pyrrole nitrogens is 1. The number of benzene rings is 2. The molecule has 6 nitrogen and oxygen atoms in total. The van der Waals surface area contributed by atoms with Crippen molar-refractivity contribution in [2.45, 2.75) is 0 Å². The van der Waals surface area contributed by atoms with Gasteiger partial charge >= 0.3 is 0 Å². The van der Waals surface area contributed by atoms with E-state index >= 15 is 0 Å². The lowest BCUT2D eigenvalue weighted by atomic mass is 10.1. The molecule has 0 spiro atoms. The fraction of sp³-hybridized carbons (Fsp3) is 0.0500. The number of rotatable bonds is 2. The van der Waals surface area contributed by atoms with Crippen LogP contribution in [0.4, 0.5) is 8.78 Å². The largest absolute Gasteiger partial charge is 0.334 e. The molecule has 0 aliphatic heterocycles. The van der Waals surface area contributed by atoms with Crippen LogP contribution in [0.1, 0.15) is 0 Å². The number of nitrogens with one attached hydrogen (secondary N) is 1. The van der Waals surface area contributed by atoms with Crippen molar-refractivity contribution < 1.29 is 8.78 Å². The summed E-state index contributed by atoms with van der Waals surface area (Å²) < 4.78 is 31.8. The second kappa shape index (κ2) is 6.25. The van der Waals surface area contributed by atoms with Gasteiger partial charge in [0.1, 0.15) is 16.9 Å². The molecule has 5 aromatic rings. The number of imidazole rings is 1. The molecule has 0 aliphatic carbocycles. The number of para-hydroxylation sites is 1. The molecule has 144 valence electrons. The van der Waals surface area contributed by atoms with Crippen molar-refractivity contribution in [2.24, 2.45) is 7.05 Å². The fourth-order valence-corrected chi connectivity index (χ4v) is 3.69. The van der Waals surface area contributed by atoms with E-state index in [1.807, 2.05) is 17.7 Å². The van der Waals surface area contributed by atoms with Crippen molar-refractivity contribution in [1.29, 1.82) is 0 Å². The zero-order valence-electron chi connectivity index (χ0n) is 14.9. The average Bonchev–Trinajstić information content (AvgIpc) is 3.27. The van der Waals surface area contributed by atoms with E-state index in [4.69, 9.17) is 11.6 Å². The molecule has 0 atom stereocenters. The lowest BCUT2D eigenvalue weighted by Crippen LogP contribution is -2.07. The maximum Gasteiger partial charge on any atom is 0.259 e. The maximum absolute atomic E-state index is 14.5. The number of aryl methyl sites for hydroxylation is 1. The molecule has 29 heavy (non-hydrogen) atoms. The van der Waals surface area contributed by atoms with Crippen LogP contribution in [0.3, 0.4) is 0 Å². The van der Waals surface area contributed by atoms with Crippen molar-refractivity contribution >= 4 is 33.5 Å². The fourth-order valence-electron chi connectivity index (χ4n) is 3.46. The normalized spacial score (nSPS) is 11.6. The number of nitrogens with zero attached hydrogens (tertiary/aromatic N) is 4. The second-order valence-corrected chi connectivity index (χ2v) is 6.99. The van der Waals surface area contributed by atoms with Crippen molar-refractivity contribution in [3.63, 3.8) is 0 Å². The summed E-state index contributed by atoms with van der Waals surface area (Å²) in [6, 6.07) is 8.86. The van der Waals surface area contributed by atoms with Gasteiger partial charge in [0, 0.05) is 18.8 Å². The van der Waals surface area contributed by atoms with Crippen LogP contribution in [0.2, 0.25) is 5.02 Å². The third-order valence-corrected chi connectivity index (χ3v) is 5.11. The second-order valence-electron chi connectivity index (χ2n) is 6.58. The minimum Gasteiger partial charge on any atom is -0.334 e. The molecule has 5 rings (SSSR count). The first-order chi connectivity index (χ1) is 14.0. The Morgan fingerprint density at radius 3 is 2.66 bits per heavy atom. The first kappa shape index (κ1) is 17.6. The van der Waals surface area contributed by atoms with Gasteiger partial charge in [0.15, 0.2) is 11.6 Å². The van der Waals surface area contributed by atoms with Gasteiger partial charge in [-0.1, -0.05) is 23.7 Å². The molecule has 0 saturated carbocycles. The Hall–Kier alpha value is -3.52. The van der Waals surface area contributed by atoms with Gasteiger partial charge in [-0.25, -0.2) is 18.4 Å². The Morgan fingerprint density at radius 2 is 1.90 bits per heavy atom. The van der Waals surface area contributed by atoms with Gasteiger partial charge in [0.05, 0.1) is 27.8 Å². The summed E-state index contributed by atoms with van der Waals surface area (Å²) in [6.45, 7) is 0. The van der Waals surface area contributed by atoms with Crippen LogP contribution in [0, 0.1) is 11.6 Å². The van der Waals surface area contributed by atoms with Gasteiger partial charge < -0.3 is 9.55 Å². The minimum absolute atomic E-state index is 0.111. The van der Waals surface area contributed by atoms with Gasteiger partial charge in [0.25, 0.3) is 5.56 Å². The Kier molecular flexibility index (Phi) is 3.78. The molecule has 1 N–H and O–H groups in total. The zero-order valence-corrected chi connectivity index (χ0v) is 15.7. The molecule has 3 aromatic heterocycles. The summed E-state index contributed by atoms with van der Waals surface area (Å²) in [5.41, 5.74) is 1.66. The SMILES string of the molecule is Cn1cnc2cc(-c3nn(-c4c(F)cccc4F)c4c(Cl)c[nH]c(=O)c34)ccc21. The lowest BCUT2D eigenvalue weighted by molar-refractivity contribution is 0.563. The van der Waals surface area contributed by atoms with E-state index in [0.717, 1.165) is 22.3 Å². The Morgan fingerprint density at radius 1 is 1.14 bits per heavy atom. The highest BCUT2D eigenvalue weighted by Gasteiger charge is 2.23. The molecule has 0 bridgehead atoms. The van der Waals surface area contributed by atoms with Crippen LogP contribution in [0.25, 0.3) is 38.9 Å². The van der Waals surface area contributed by atoms with E-state index in [-0.39, 0.29) is 21.6 Å². The molecule has 0 aliphatic rings. The number of hydrogen-bond acceptors (Lipinski definition) is 3. The number of hydrogen-bond donors (Lipinski definition) is 1. The molecule has 2 aromatic carbocycles. The highest BCUT2D eigenvalue weighted by Crippen LogP contribution is 2.33. The van der Waals surface area contributed by atoms with E-state index in [1.165, 1.54) is 12.3 Å². The van der Waals surface area contributed by atoms with Gasteiger partial charge in [-0.3, -0.25) is 4.79 Å². The van der Waals surface area contributed by atoms with Crippen molar-refractivity contribution in [1.82, 2.24) is 24.3 Å². The summed E-state index contributed by atoms with van der Waals surface area (Å²) in [5, 5.41) is 4.63. The third-order valence-electron chi connectivity index (χ3n) is 4.82. The van der Waals surface area contributed by atoms with Crippen LogP contribution >= 0.6 is 11.6 Å². The van der Waals surface area contributed by atoms with Gasteiger partial charge in [0.2, 0.25) is 0 Å². The molecule has 3 heterocycles. The van der Waals surface area contributed by atoms with Crippen molar-refractivity contribution in [3.05, 3.63) is 75.9 Å². The average molecular weight is 412 g/mol. The first-order valence-electron chi connectivity index (χ1n) is 8.61. The van der Waals surface area contributed by atoms with Crippen molar-refractivity contribution in [3.8, 4) is 16.9 Å². The Balaban J connectivity index is 1.89. The highest BCUT2D eigenvalue weighted by atomic mass is 35.5. The van der Waals surface area contributed by atoms with E-state index in [9.17, 15) is 13.6 Å². The predicted molar refractivity (Wildman–Crippen MR) is 106 cm³/mol. The standard InChI is InChI=1S/C20H12ClF2N5O/c1-27-9-25-14-7-10(5-6-15(14)27)17-16-18(11(21)8-24-20(16)29)28(26-17)19-12(22)3-2-4-13(19)23/h2-9H,1H3,(H,24,29). The molecule has 0 saturated heterocycles. The molecular formula is C20H12ClF2N5O. The molecule has 0 fully saturated rings. The number of halogens is 3. The summed E-state index contributed by atoms with van der Waals surface area (Å²) in [5.74, 6) is -1.64. The number of aromatic nitrogens is 5. The van der Waals surface area contributed by atoms with Gasteiger partial charge in [-0.05, 0) is 24.3 Å². The predicted octanol–water partition coefficient (Wildman–Crippen LogP) is 4.20. The monoisotopic (exact) mass is 411 g/mol. The molecular weight excluding hydrogens is 400 g/mol. The third kappa shape index (κ3) is 2.56. The highest BCUT2D eigenvalue weighted by molar-refractivity contribution is 6.35. The quantitative estimate of drug-likeness (QED) is 0.473. The lowest BCUT2D eigenvalue weighted by Gasteiger charge is -2.07. The Labute approximate surface area is 167 Å². The molecule has 0 amide bonds. The first-order valence-corrected chi connectivity index (χ1v) is 8.99. The molecule has 9 heteroatoms. The van der Waals surface area contributed by atoms with E-state index in [1.54, 1.807) is 18.5 Å². The van der Waals surface area contributed by atoms with Crippen LogP contribution in [0.15, 0.2) is 53.7 Å². The van der Waals surface area contributed by atoms with Crippen LogP contribution in [-0.4, -0.2) is 24.3 Å². The number of pyridine rings is 1. The van der Waals surface area contributed by atoms with E-state index in [2.05, 4.69) is 15.1 Å².